The summed E-state index contributed by atoms with van der Waals surface area (Å²) < 4.78 is 34.9. The van der Waals surface area contributed by atoms with E-state index in [9.17, 15) is 13.6 Å². The Morgan fingerprint density at radius 3 is 2.58 bits per heavy atom. The number of anilines is 1. The Balaban J connectivity index is 1.59. The van der Waals surface area contributed by atoms with Crippen LogP contribution in [0, 0.1) is 11.6 Å². The maximum Gasteiger partial charge on any atom is 0.234 e. The fraction of sp³-hybridized carbons (Fsp3) is 0.286. The predicted octanol–water partition coefficient (Wildman–Crippen LogP) is 5.21. The molecule has 10 heteroatoms. The number of ether oxygens (including phenoxy) is 1. The number of aromatic nitrogens is 3. The molecule has 6 nitrogen and oxygen atoms in total. The number of rotatable bonds is 9. The minimum absolute atomic E-state index is 0.0132. The Morgan fingerprint density at radius 2 is 1.94 bits per heavy atom. The Hall–Kier alpha value is -2.46. The first-order chi connectivity index (χ1) is 14.9. The molecule has 3 rings (SSSR count). The van der Waals surface area contributed by atoms with E-state index in [0.29, 0.717) is 23.6 Å². The quantitative estimate of drug-likeness (QED) is 0.400. The first-order valence-corrected chi connectivity index (χ1v) is 11.4. The number of hydrogen-bond donors (Lipinski definition) is 1. The van der Waals surface area contributed by atoms with Crippen molar-refractivity contribution < 1.29 is 18.3 Å². The van der Waals surface area contributed by atoms with Crippen molar-refractivity contribution in [2.75, 3.05) is 11.1 Å². The summed E-state index contributed by atoms with van der Waals surface area (Å²) in [5.41, 5.74) is 1.13. The van der Waals surface area contributed by atoms with Crippen molar-refractivity contribution in [2.24, 2.45) is 0 Å². The molecule has 1 amide bonds. The molecule has 0 saturated carbocycles. The van der Waals surface area contributed by atoms with Gasteiger partial charge in [0.1, 0.15) is 18.2 Å². The van der Waals surface area contributed by atoms with E-state index in [1.54, 1.807) is 0 Å². The fourth-order valence-electron chi connectivity index (χ4n) is 2.79. The number of benzene rings is 2. The van der Waals surface area contributed by atoms with Gasteiger partial charge in [0.2, 0.25) is 5.91 Å². The van der Waals surface area contributed by atoms with Crippen molar-refractivity contribution in [3.63, 3.8) is 0 Å². The lowest BCUT2D eigenvalue weighted by molar-refractivity contribution is -0.113. The lowest BCUT2D eigenvalue weighted by atomic mass is 10.2. The van der Waals surface area contributed by atoms with Gasteiger partial charge < -0.3 is 14.6 Å². The third-order valence-electron chi connectivity index (χ3n) is 4.41. The molecule has 1 heterocycles. The van der Waals surface area contributed by atoms with Gasteiger partial charge in [-0.3, -0.25) is 4.79 Å². The number of amides is 1. The second-order valence-electron chi connectivity index (χ2n) is 6.51. The summed E-state index contributed by atoms with van der Waals surface area (Å²) in [5.74, 6) is -0.672. The highest BCUT2D eigenvalue weighted by Crippen LogP contribution is 2.27. The summed E-state index contributed by atoms with van der Waals surface area (Å²) >= 11 is 4.22. The minimum atomic E-state index is -0.853. The molecule has 0 bridgehead atoms. The summed E-state index contributed by atoms with van der Waals surface area (Å²) in [6, 6.07) is 9.66. The van der Waals surface area contributed by atoms with E-state index in [1.165, 1.54) is 17.3 Å². The number of carbonyl (C=O) groups is 1. The van der Waals surface area contributed by atoms with Gasteiger partial charge in [0, 0.05) is 17.1 Å². The normalized spacial score (nSPS) is 10.9. The van der Waals surface area contributed by atoms with Gasteiger partial charge in [-0.1, -0.05) is 30.8 Å². The Labute approximate surface area is 191 Å². The van der Waals surface area contributed by atoms with E-state index in [0.717, 1.165) is 18.2 Å². The van der Waals surface area contributed by atoms with Crippen molar-refractivity contribution >= 4 is 39.3 Å². The van der Waals surface area contributed by atoms with Crippen LogP contribution in [0.15, 0.2) is 46.0 Å². The number of thioether (sulfide) groups is 1. The maximum atomic E-state index is 13.9. The molecule has 0 radical (unpaired) electrons. The van der Waals surface area contributed by atoms with Crippen molar-refractivity contribution in [2.45, 2.75) is 38.6 Å². The SMILES string of the molecule is CCc1ccc(OCc2nnc(SCC(=O)Nc3c(F)cc(F)cc3Br)n2CC)cc1. The molecule has 0 spiro atoms. The van der Waals surface area contributed by atoms with Crippen molar-refractivity contribution in [1.82, 2.24) is 14.8 Å². The van der Waals surface area contributed by atoms with Gasteiger partial charge >= 0.3 is 0 Å². The summed E-state index contributed by atoms with van der Waals surface area (Å²) in [4.78, 5) is 12.2. The van der Waals surface area contributed by atoms with Crippen LogP contribution in [0.4, 0.5) is 14.5 Å². The molecule has 1 N–H and O–H groups in total. The van der Waals surface area contributed by atoms with Gasteiger partial charge in [-0.25, -0.2) is 8.78 Å². The van der Waals surface area contributed by atoms with Gasteiger partial charge in [-0.05, 0) is 53.0 Å². The van der Waals surface area contributed by atoms with Crippen LogP contribution in [0.5, 0.6) is 5.75 Å². The molecule has 0 saturated heterocycles. The van der Waals surface area contributed by atoms with Crippen LogP contribution in [0.1, 0.15) is 25.2 Å². The monoisotopic (exact) mass is 510 g/mol. The summed E-state index contributed by atoms with van der Waals surface area (Å²) in [5, 5.41) is 11.3. The zero-order valence-electron chi connectivity index (χ0n) is 17.0. The molecule has 0 atom stereocenters. The number of nitrogens with zero attached hydrogens (tertiary/aromatic N) is 3. The lowest BCUT2D eigenvalue weighted by Gasteiger charge is -2.10. The molecule has 1 aromatic heterocycles. The molecule has 0 aliphatic carbocycles. The van der Waals surface area contributed by atoms with Crippen LogP contribution < -0.4 is 10.1 Å². The van der Waals surface area contributed by atoms with E-state index in [4.69, 9.17) is 4.74 Å². The standard InChI is InChI=1S/C21H21BrF2N4O2S/c1-3-13-5-7-15(8-6-13)30-11-18-26-27-21(28(18)4-2)31-12-19(29)25-20-16(22)9-14(23)10-17(20)24/h5-10H,3-4,11-12H2,1-2H3,(H,25,29). The Morgan fingerprint density at radius 1 is 1.19 bits per heavy atom. The second-order valence-corrected chi connectivity index (χ2v) is 8.31. The van der Waals surface area contributed by atoms with Crippen molar-refractivity contribution in [3.8, 4) is 5.75 Å². The third-order valence-corrected chi connectivity index (χ3v) is 6.01. The van der Waals surface area contributed by atoms with Crippen LogP contribution in [-0.2, 0) is 24.4 Å². The van der Waals surface area contributed by atoms with E-state index in [1.807, 2.05) is 35.8 Å². The minimum Gasteiger partial charge on any atom is -0.486 e. The highest BCUT2D eigenvalue weighted by molar-refractivity contribution is 9.10. The lowest BCUT2D eigenvalue weighted by Crippen LogP contribution is -2.16. The average molecular weight is 511 g/mol. The molecule has 164 valence electrons. The molecular formula is C21H21BrF2N4O2S. The Kier molecular flexibility index (Phi) is 8.03. The second kappa shape index (κ2) is 10.7. The summed E-state index contributed by atoms with van der Waals surface area (Å²) in [6.07, 6.45) is 0.962. The first-order valence-electron chi connectivity index (χ1n) is 9.62. The van der Waals surface area contributed by atoms with E-state index in [2.05, 4.69) is 38.4 Å². The predicted molar refractivity (Wildman–Crippen MR) is 119 cm³/mol. The van der Waals surface area contributed by atoms with Gasteiger partial charge in [0.05, 0.1) is 11.4 Å². The highest BCUT2D eigenvalue weighted by atomic mass is 79.9. The van der Waals surface area contributed by atoms with E-state index >= 15 is 0 Å². The number of carbonyl (C=O) groups excluding carboxylic acids is 1. The average Bonchev–Trinajstić information content (AvgIpc) is 3.15. The molecule has 2 aromatic carbocycles. The molecule has 0 aliphatic heterocycles. The van der Waals surface area contributed by atoms with Crippen LogP contribution in [0.25, 0.3) is 0 Å². The van der Waals surface area contributed by atoms with Gasteiger partial charge in [0.25, 0.3) is 0 Å². The van der Waals surface area contributed by atoms with Gasteiger partial charge in [-0.2, -0.15) is 0 Å². The number of halogens is 3. The molecular weight excluding hydrogens is 490 g/mol. The van der Waals surface area contributed by atoms with Gasteiger partial charge in [0.15, 0.2) is 16.8 Å². The zero-order chi connectivity index (χ0) is 22.4. The number of hydrogen-bond acceptors (Lipinski definition) is 5. The molecule has 0 unspecified atom stereocenters. The molecule has 31 heavy (non-hydrogen) atoms. The van der Waals surface area contributed by atoms with Crippen molar-refractivity contribution in [1.29, 1.82) is 0 Å². The summed E-state index contributed by atoms with van der Waals surface area (Å²) in [7, 11) is 0. The Bertz CT molecular complexity index is 1040. The topological polar surface area (TPSA) is 69.0 Å². The molecule has 0 aliphatic rings. The van der Waals surface area contributed by atoms with E-state index < -0.39 is 17.5 Å². The third kappa shape index (κ3) is 6.04. The fourth-order valence-corrected chi connectivity index (χ4v) is 4.12. The zero-order valence-corrected chi connectivity index (χ0v) is 19.4. The van der Waals surface area contributed by atoms with Crippen molar-refractivity contribution in [3.05, 3.63) is 63.9 Å². The van der Waals surface area contributed by atoms with Crippen LogP contribution >= 0.6 is 27.7 Å². The smallest absolute Gasteiger partial charge is 0.234 e. The molecule has 0 fully saturated rings. The first kappa shape index (κ1) is 23.2. The highest BCUT2D eigenvalue weighted by Gasteiger charge is 2.16. The van der Waals surface area contributed by atoms with E-state index in [-0.39, 0.29) is 22.5 Å². The number of aryl methyl sites for hydroxylation is 1. The van der Waals surface area contributed by atoms with Crippen LogP contribution in [-0.4, -0.2) is 26.4 Å². The van der Waals surface area contributed by atoms with Gasteiger partial charge in [-0.15, -0.1) is 10.2 Å². The summed E-state index contributed by atoms with van der Waals surface area (Å²) in [6.45, 7) is 4.88. The largest absolute Gasteiger partial charge is 0.486 e. The van der Waals surface area contributed by atoms with Crippen LogP contribution in [0.2, 0.25) is 0 Å². The number of nitrogens with one attached hydrogen (secondary N) is 1. The molecule has 3 aromatic rings. The maximum absolute atomic E-state index is 13.9. The van der Waals surface area contributed by atoms with Crippen LogP contribution in [0.3, 0.4) is 0 Å².